The Kier molecular flexibility index (Phi) is 7.51. The van der Waals surface area contributed by atoms with Gasteiger partial charge in [0.1, 0.15) is 11.6 Å². The van der Waals surface area contributed by atoms with Gasteiger partial charge in [0.05, 0.1) is 9.92 Å². The molecular weight excluding hydrogens is 575 g/mol. The molecule has 4 aromatic rings. The van der Waals surface area contributed by atoms with E-state index in [0.717, 1.165) is 21.3 Å². The van der Waals surface area contributed by atoms with Crippen LogP contribution in [-0.2, 0) is 14.8 Å². The number of anilines is 1. The van der Waals surface area contributed by atoms with E-state index in [4.69, 9.17) is 26.2 Å². The molecule has 0 spiro atoms. The topological polar surface area (TPSA) is 108 Å². The first kappa shape index (κ1) is 25.9. The van der Waals surface area contributed by atoms with Crippen molar-refractivity contribution in [1.29, 1.82) is 0 Å². The highest BCUT2D eigenvalue weighted by atomic mass is 79.9. The Hall–Kier alpha value is -3.18. The number of nitrogens with one attached hydrogen (secondary N) is 1. The first-order valence-corrected chi connectivity index (χ1v) is 13.1. The number of rotatable bonds is 7. The average molecular weight is 594 g/mol. The van der Waals surface area contributed by atoms with Gasteiger partial charge in [-0.1, -0.05) is 39.7 Å². The number of nitrogens with two attached hydrogens (primary N) is 1. The summed E-state index contributed by atoms with van der Waals surface area (Å²) >= 11 is 10.0. The van der Waals surface area contributed by atoms with Crippen LogP contribution in [-0.4, -0.2) is 20.9 Å². The molecule has 4 rings (SSSR count). The van der Waals surface area contributed by atoms with Gasteiger partial charge in [-0.3, -0.25) is 4.79 Å². The van der Waals surface area contributed by atoms with Crippen molar-refractivity contribution in [3.63, 3.8) is 0 Å². The number of hydrogen-bond acceptors (Lipinski definition) is 5. The second-order valence-electron chi connectivity index (χ2n) is 7.76. The maximum atomic E-state index is 14.0. The zero-order chi connectivity index (χ0) is 26.0. The molecule has 0 saturated carbocycles. The van der Waals surface area contributed by atoms with Crippen LogP contribution in [0.15, 0.2) is 76.1 Å². The maximum Gasteiger partial charge on any atom is 0.262 e. The molecule has 0 atom stereocenters. The number of carbonyl (C=O) groups excluding carboxylic acids is 1. The lowest BCUT2D eigenvalue weighted by Gasteiger charge is -2.15. The summed E-state index contributed by atoms with van der Waals surface area (Å²) < 4.78 is 49.3. The van der Waals surface area contributed by atoms with Gasteiger partial charge in [0.2, 0.25) is 10.0 Å². The third-order valence-electron chi connectivity index (χ3n) is 5.19. The fraction of sp³-hybridized carbons (Fsp3) is 0.0800. The molecule has 0 heterocycles. The fourth-order valence-electron chi connectivity index (χ4n) is 3.42. The highest BCUT2D eigenvalue weighted by Gasteiger charge is 2.16. The number of hydrogen-bond donors (Lipinski definition) is 2. The van der Waals surface area contributed by atoms with Crippen molar-refractivity contribution in [1.82, 2.24) is 0 Å². The van der Waals surface area contributed by atoms with Gasteiger partial charge in [-0.2, -0.15) is 0 Å². The zero-order valence-corrected chi connectivity index (χ0v) is 21.9. The summed E-state index contributed by atoms with van der Waals surface area (Å²) in [6, 6.07) is 16.7. The predicted octanol–water partition coefficient (Wildman–Crippen LogP) is 6.16. The number of halogens is 3. The van der Waals surface area contributed by atoms with Crippen LogP contribution < -0.4 is 19.9 Å². The highest BCUT2D eigenvalue weighted by Crippen LogP contribution is 2.40. The van der Waals surface area contributed by atoms with Crippen molar-refractivity contribution in [3.05, 3.63) is 87.6 Å². The molecule has 4 aromatic carbocycles. The van der Waals surface area contributed by atoms with Crippen molar-refractivity contribution < 1.29 is 27.1 Å². The molecule has 0 aliphatic rings. The van der Waals surface area contributed by atoms with Crippen molar-refractivity contribution in [2.75, 3.05) is 11.9 Å². The molecule has 1 amide bonds. The van der Waals surface area contributed by atoms with E-state index in [1.165, 1.54) is 30.3 Å². The number of primary sulfonamides is 1. The average Bonchev–Trinajstić information content (AvgIpc) is 2.81. The van der Waals surface area contributed by atoms with Crippen LogP contribution in [0.25, 0.3) is 10.8 Å². The van der Waals surface area contributed by atoms with Crippen LogP contribution in [0.3, 0.4) is 0 Å². The standard InChI is InChI=1S/C25H19BrClFN2O5S/c1-14-11-16(36(29,32)33)6-8-20(14)30-24(31)13-34-21-9-5-15(28)12-23(21)35-22-10-7-17-18(25(22)27)3-2-4-19(17)26/h2-12H,13H2,1H3,(H,30,31)(H2,29,32,33). The van der Waals surface area contributed by atoms with Crippen molar-refractivity contribution >= 4 is 59.9 Å². The van der Waals surface area contributed by atoms with E-state index in [0.29, 0.717) is 16.3 Å². The second kappa shape index (κ2) is 10.4. The van der Waals surface area contributed by atoms with E-state index in [9.17, 15) is 17.6 Å². The molecule has 0 radical (unpaired) electrons. The first-order valence-electron chi connectivity index (χ1n) is 10.4. The molecule has 3 N–H and O–H groups in total. The number of carbonyl (C=O) groups is 1. The van der Waals surface area contributed by atoms with Crippen LogP contribution in [0.1, 0.15) is 5.56 Å². The minimum absolute atomic E-state index is 0.0349. The first-order chi connectivity index (χ1) is 17.0. The van der Waals surface area contributed by atoms with Gasteiger partial charge in [0.15, 0.2) is 18.1 Å². The van der Waals surface area contributed by atoms with Crippen molar-refractivity contribution in [2.24, 2.45) is 5.14 Å². The lowest BCUT2D eigenvalue weighted by atomic mass is 10.1. The third kappa shape index (κ3) is 5.79. The summed E-state index contributed by atoms with van der Waals surface area (Å²) in [5.74, 6) is -0.643. The quantitative estimate of drug-likeness (QED) is 0.267. The van der Waals surface area contributed by atoms with Crippen LogP contribution in [0, 0.1) is 12.7 Å². The van der Waals surface area contributed by atoms with E-state index < -0.39 is 28.4 Å². The smallest absolute Gasteiger partial charge is 0.262 e. The molecule has 0 aliphatic heterocycles. The normalized spacial score (nSPS) is 11.4. The number of ether oxygens (including phenoxy) is 2. The Balaban J connectivity index is 1.51. The molecule has 0 aliphatic carbocycles. The molecule has 186 valence electrons. The number of aryl methyl sites for hydroxylation is 1. The van der Waals surface area contributed by atoms with E-state index in [-0.39, 0.29) is 22.1 Å². The highest BCUT2D eigenvalue weighted by molar-refractivity contribution is 9.10. The Bertz CT molecular complexity index is 1600. The van der Waals surface area contributed by atoms with Crippen LogP contribution in [0.5, 0.6) is 17.2 Å². The van der Waals surface area contributed by atoms with Crippen LogP contribution in [0.2, 0.25) is 5.02 Å². The molecular formula is C25H19BrClFN2O5S. The SMILES string of the molecule is Cc1cc(S(N)(=O)=O)ccc1NC(=O)COc1ccc(F)cc1Oc1ccc2c(Br)cccc2c1Cl. The van der Waals surface area contributed by atoms with Crippen molar-refractivity contribution in [2.45, 2.75) is 11.8 Å². The minimum Gasteiger partial charge on any atom is -0.480 e. The molecule has 0 bridgehead atoms. The lowest BCUT2D eigenvalue weighted by molar-refractivity contribution is -0.118. The fourth-order valence-corrected chi connectivity index (χ4v) is 4.79. The van der Waals surface area contributed by atoms with Gasteiger partial charge in [0.25, 0.3) is 5.91 Å². The second-order valence-corrected chi connectivity index (χ2v) is 10.6. The van der Waals surface area contributed by atoms with Gasteiger partial charge in [-0.25, -0.2) is 17.9 Å². The van der Waals surface area contributed by atoms with Crippen LogP contribution >= 0.6 is 27.5 Å². The summed E-state index contributed by atoms with van der Waals surface area (Å²) in [6.07, 6.45) is 0. The molecule has 7 nitrogen and oxygen atoms in total. The maximum absolute atomic E-state index is 14.0. The Morgan fingerprint density at radius 3 is 2.50 bits per heavy atom. The minimum atomic E-state index is -3.86. The summed E-state index contributed by atoms with van der Waals surface area (Å²) in [7, 11) is -3.86. The largest absolute Gasteiger partial charge is 0.480 e. The number of fused-ring (bicyclic) bond motifs is 1. The Morgan fingerprint density at radius 1 is 1.03 bits per heavy atom. The third-order valence-corrected chi connectivity index (χ3v) is 7.18. The van der Waals surface area contributed by atoms with Gasteiger partial charge in [-0.15, -0.1) is 0 Å². The van der Waals surface area contributed by atoms with E-state index in [1.54, 1.807) is 13.0 Å². The number of sulfonamides is 1. The van der Waals surface area contributed by atoms with E-state index >= 15 is 0 Å². The van der Waals surface area contributed by atoms with Gasteiger partial charge in [0, 0.05) is 21.6 Å². The predicted molar refractivity (Wildman–Crippen MR) is 140 cm³/mol. The number of benzene rings is 4. The Labute approximate surface area is 220 Å². The molecule has 0 unspecified atom stereocenters. The van der Waals surface area contributed by atoms with E-state index in [2.05, 4.69) is 21.2 Å². The monoisotopic (exact) mass is 592 g/mol. The number of amides is 1. The lowest BCUT2D eigenvalue weighted by Crippen LogP contribution is -2.21. The summed E-state index contributed by atoms with van der Waals surface area (Å²) in [5, 5.41) is 9.72. The van der Waals surface area contributed by atoms with Gasteiger partial charge >= 0.3 is 0 Å². The molecule has 0 saturated heterocycles. The van der Waals surface area contributed by atoms with Gasteiger partial charge < -0.3 is 14.8 Å². The van der Waals surface area contributed by atoms with Gasteiger partial charge in [-0.05, 0) is 66.4 Å². The Morgan fingerprint density at radius 2 is 1.78 bits per heavy atom. The van der Waals surface area contributed by atoms with E-state index in [1.807, 2.05) is 24.3 Å². The molecule has 0 fully saturated rings. The molecule has 36 heavy (non-hydrogen) atoms. The molecule has 0 aromatic heterocycles. The van der Waals surface area contributed by atoms with Crippen LogP contribution in [0.4, 0.5) is 10.1 Å². The zero-order valence-electron chi connectivity index (χ0n) is 18.7. The molecule has 11 heteroatoms. The summed E-state index contributed by atoms with van der Waals surface area (Å²) in [6.45, 7) is 1.21. The van der Waals surface area contributed by atoms with Crippen molar-refractivity contribution in [3.8, 4) is 17.2 Å². The summed E-state index contributed by atoms with van der Waals surface area (Å²) in [5.41, 5.74) is 0.888. The summed E-state index contributed by atoms with van der Waals surface area (Å²) in [4.78, 5) is 12.4.